The van der Waals surface area contributed by atoms with Gasteiger partial charge in [0.05, 0.1) is 14.2 Å². The normalized spacial score (nSPS) is 17.1. The van der Waals surface area contributed by atoms with Crippen molar-refractivity contribution in [3.8, 4) is 17.2 Å². The van der Waals surface area contributed by atoms with Crippen molar-refractivity contribution >= 4 is 10.9 Å². The van der Waals surface area contributed by atoms with Crippen molar-refractivity contribution in [1.82, 2.24) is 9.88 Å². The van der Waals surface area contributed by atoms with Gasteiger partial charge in [-0.15, -0.1) is 0 Å². The number of hydrogen-bond acceptors (Lipinski definition) is 4. The summed E-state index contributed by atoms with van der Waals surface area (Å²) in [5, 5.41) is 1.23. The number of H-pyrrole nitrogens is 1. The lowest BCUT2D eigenvalue weighted by Crippen LogP contribution is -2.39. The minimum atomic E-state index is -0.262. The van der Waals surface area contributed by atoms with Crippen LogP contribution >= 0.6 is 0 Å². The van der Waals surface area contributed by atoms with Gasteiger partial charge >= 0.3 is 0 Å². The van der Waals surface area contributed by atoms with Gasteiger partial charge in [-0.2, -0.15) is 0 Å². The Morgan fingerprint density at radius 1 is 1.03 bits per heavy atom. The summed E-state index contributed by atoms with van der Waals surface area (Å²) in [6, 6.07) is 17.2. The second-order valence-electron chi connectivity index (χ2n) is 9.05. The molecule has 3 heterocycles. The Balaban J connectivity index is 1.35. The van der Waals surface area contributed by atoms with E-state index in [1.165, 1.54) is 39.9 Å². The van der Waals surface area contributed by atoms with Gasteiger partial charge in [-0.25, -0.2) is 4.39 Å². The van der Waals surface area contributed by atoms with Crippen LogP contribution in [0.25, 0.3) is 10.9 Å². The number of aromatic nitrogens is 1. The van der Waals surface area contributed by atoms with E-state index in [0.29, 0.717) is 5.75 Å². The molecule has 0 saturated carbocycles. The van der Waals surface area contributed by atoms with Gasteiger partial charge in [-0.3, -0.25) is 4.90 Å². The van der Waals surface area contributed by atoms with Gasteiger partial charge in [0.15, 0.2) is 11.5 Å². The molecule has 1 atom stereocenters. The molecule has 0 bridgehead atoms. The first-order valence-corrected chi connectivity index (χ1v) is 11.6. The van der Waals surface area contributed by atoms with Gasteiger partial charge in [0.25, 0.3) is 0 Å². The van der Waals surface area contributed by atoms with Crippen LogP contribution in [-0.4, -0.2) is 30.6 Å². The van der Waals surface area contributed by atoms with Crippen molar-refractivity contribution in [1.29, 1.82) is 0 Å². The second-order valence-corrected chi connectivity index (χ2v) is 9.05. The number of rotatable bonds is 5. The molecule has 0 radical (unpaired) electrons. The fourth-order valence-corrected chi connectivity index (χ4v) is 5.42. The summed E-state index contributed by atoms with van der Waals surface area (Å²) < 4.78 is 30.9. The van der Waals surface area contributed by atoms with E-state index in [1.807, 2.05) is 12.1 Å². The van der Waals surface area contributed by atoms with Crippen LogP contribution in [0.15, 0.2) is 54.6 Å². The van der Waals surface area contributed by atoms with E-state index in [9.17, 15) is 4.39 Å². The first-order valence-electron chi connectivity index (χ1n) is 11.6. The monoisotopic (exact) mass is 458 g/mol. The summed E-state index contributed by atoms with van der Waals surface area (Å²) in [6.45, 7) is 2.18. The van der Waals surface area contributed by atoms with Crippen LogP contribution in [0.5, 0.6) is 17.2 Å². The van der Waals surface area contributed by atoms with Gasteiger partial charge in [0.1, 0.15) is 18.2 Å². The molecule has 34 heavy (non-hydrogen) atoms. The van der Waals surface area contributed by atoms with Crippen LogP contribution in [0.2, 0.25) is 0 Å². The largest absolute Gasteiger partial charge is 0.497 e. The summed E-state index contributed by atoms with van der Waals surface area (Å²) in [5.74, 6) is 2.02. The van der Waals surface area contributed by atoms with E-state index in [1.54, 1.807) is 20.3 Å². The Labute approximate surface area is 198 Å². The molecule has 174 valence electrons. The maximum absolute atomic E-state index is 13.6. The highest BCUT2D eigenvalue weighted by atomic mass is 19.1. The maximum Gasteiger partial charge on any atom is 0.162 e. The van der Waals surface area contributed by atoms with Crippen molar-refractivity contribution in [3.63, 3.8) is 0 Å². The van der Waals surface area contributed by atoms with Gasteiger partial charge in [0, 0.05) is 35.7 Å². The number of nitrogens with zero attached hydrogens (tertiary/aromatic N) is 1. The Morgan fingerprint density at radius 2 is 1.94 bits per heavy atom. The summed E-state index contributed by atoms with van der Waals surface area (Å²) in [5.41, 5.74) is 7.18. The average molecular weight is 459 g/mol. The molecule has 6 rings (SSSR count). The van der Waals surface area contributed by atoms with E-state index < -0.39 is 0 Å². The quantitative estimate of drug-likeness (QED) is 0.425. The lowest BCUT2D eigenvalue weighted by atomic mass is 9.85. The van der Waals surface area contributed by atoms with E-state index >= 15 is 0 Å². The zero-order valence-corrected chi connectivity index (χ0v) is 19.4. The van der Waals surface area contributed by atoms with Crippen LogP contribution in [-0.2, 0) is 26.0 Å². The molecule has 2 aliphatic heterocycles. The number of aromatic amines is 1. The Kier molecular flexibility index (Phi) is 5.18. The maximum atomic E-state index is 13.6. The minimum absolute atomic E-state index is 0.262. The summed E-state index contributed by atoms with van der Waals surface area (Å²) in [6.07, 6.45) is 1.89. The van der Waals surface area contributed by atoms with E-state index in [4.69, 9.17) is 14.2 Å². The molecule has 0 spiro atoms. The first kappa shape index (κ1) is 21.1. The summed E-state index contributed by atoms with van der Waals surface area (Å²) in [7, 11) is 3.37. The molecule has 0 saturated heterocycles. The smallest absolute Gasteiger partial charge is 0.162 e. The number of nitrogens with one attached hydrogen (secondary N) is 1. The van der Waals surface area contributed by atoms with Crippen LogP contribution < -0.4 is 14.2 Å². The molecular weight excluding hydrogens is 431 g/mol. The van der Waals surface area contributed by atoms with Crippen molar-refractivity contribution < 1.29 is 18.6 Å². The van der Waals surface area contributed by atoms with Crippen LogP contribution in [0.4, 0.5) is 4.39 Å². The number of ether oxygens (including phenoxy) is 3. The zero-order chi connectivity index (χ0) is 23.2. The lowest BCUT2D eigenvalue weighted by Gasteiger charge is -2.40. The third-order valence-electron chi connectivity index (χ3n) is 7.14. The number of benzene rings is 3. The van der Waals surface area contributed by atoms with Gasteiger partial charge in [0.2, 0.25) is 0 Å². The Hall–Kier alpha value is -3.51. The number of methoxy groups -OCH3 is 2. The highest BCUT2D eigenvalue weighted by Gasteiger charge is 2.34. The minimum Gasteiger partial charge on any atom is -0.497 e. The average Bonchev–Trinajstić information content (AvgIpc) is 3.22. The van der Waals surface area contributed by atoms with Crippen LogP contribution in [0, 0.1) is 5.82 Å². The third-order valence-corrected chi connectivity index (χ3v) is 7.14. The molecule has 1 unspecified atom stereocenters. The molecule has 6 heteroatoms. The van der Waals surface area contributed by atoms with Crippen molar-refractivity contribution in [3.05, 3.63) is 88.4 Å². The van der Waals surface area contributed by atoms with Crippen molar-refractivity contribution in [2.75, 3.05) is 20.8 Å². The third kappa shape index (κ3) is 3.59. The number of fused-ring (bicyclic) bond motifs is 6. The first-order chi connectivity index (χ1) is 16.6. The molecule has 0 amide bonds. The van der Waals surface area contributed by atoms with Crippen LogP contribution in [0.1, 0.15) is 34.0 Å². The summed E-state index contributed by atoms with van der Waals surface area (Å²) >= 11 is 0. The standard InChI is InChI=1S/C28H27FN2O3/c1-32-20-6-7-24-22(12-20)23-13-26-21-14-28(34-16-17-4-3-5-19(29)10-17)27(33-2)11-18(21)8-9-31(26)15-25(23)30-24/h3-7,10-12,14,26,30H,8-9,13,15-16H2,1-2H3. The van der Waals surface area contributed by atoms with Gasteiger partial charge in [-0.1, -0.05) is 12.1 Å². The number of halogens is 1. The van der Waals surface area contributed by atoms with E-state index in [-0.39, 0.29) is 18.5 Å². The van der Waals surface area contributed by atoms with Crippen LogP contribution in [0.3, 0.4) is 0 Å². The summed E-state index contributed by atoms with van der Waals surface area (Å²) in [4.78, 5) is 6.17. The molecule has 2 aliphatic rings. The lowest BCUT2D eigenvalue weighted by molar-refractivity contribution is 0.158. The molecule has 1 N–H and O–H groups in total. The fourth-order valence-electron chi connectivity index (χ4n) is 5.42. The molecule has 4 aromatic rings. The molecule has 0 fully saturated rings. The molecule has 0 aliphatic carbocycles. The predicted octanol–water partition coefficient (Wildman–Crippen LogP) is 5.56. The second kappa shape index (κ2) is 8.37. The molecular formula is C28H27FN2O3. The fraction of sp³-hybridized carbons (Fsp3) is 0.286. The predicted molar refractivity (Wildman–Crippen MR) is 129 cm³/mol. The molecule has 5 nitrogen and oxygen atoms in total. The zero-order valence-electron chi connectivity index (χ0n) is 19.4. The van der Waals surface area contributed by atoms with Gasteiger partial charge < -0.3 is 19.2 Å². The number of hydrogen-bond donors (Lipinski definition) is 1. The molecule has 1 aromatic heterocycles. The van der Waals surface area contributed by atoms with Gasteiger partial charge in [-0.05, 0) is 77.6 Å². The Morgan fingerprint density at radius 3 is 2.76 bits per heavy atom. The van der Waals surface area contributed by atoms with E-state index in [0.717, 1.165) is 48.5 Å². The van der Waals surface area contributed by atoms with Crippen molar-refractivity contribution in [2.24, 2.45) is 0 Å². The topological polar surface area (TPSA) is 46.7 Å². The van der Waals surface area contributed by atoms with Crippen molar-refractivity contribution in [2.45, 2.75) is 32.0 Å². The highest BCUT2D eigenvalue weighted by molar-refractivity contribution is 5.86. The molecule has 3 aromatic carbocycles. The van der Waals surface area contributed by atoms with E-state index in [2.05, 4.69) is 34.1 Å². The highest BCUT2D eigenvalue weighted by Crippen LogP contribution is 2.44. The SMILES string of the molecule is COc1ccc2[nH]c3c(c2c1)CC1c2cc(OCc4cccc(F)c4)c(OC)cc2CCN1C3. The Bertz CT molecular complexity index is 1380.